The molecule has 1 heterocycles. The standard InChI is InChI=1S/C10H15BrN2/c1-10(2,3)9(12)7-5-4-6-8(11)13-7/h4-6,9H,12H2,1-3H3/t9-/m0/s1. The van der Waals surface area contributed by atoms with Gasteiger partial charge in [-0.15, -0.1) is 0 Å². The summed E-state index contributed by atoms with van der Waals surface area (Å²) in [5.74, 6) is 0. The summed E-state index contributed by atoms with van der Waals surface area (Å²) in [6, 6.07) is 5.79. The van der Waals surface area contributed by atoms with Crippen LogP contribution in [0.2, 0.25) is 0 Å². The highest BCUT2D eigenvalue weighted by Gasteiger charge is 2.23. The molecule has 2 nitrogen and oxygen atoms in total. The first kappa shape index (κ1) is 10.7. The summed E-state index contributed by atoms with van der Waals surface area (Å²) < 4.78 is 0.838. The van der Waals surface area contributed by atoms with Gasteiger partial charge in [-0.2, -0.15) is 0 Å². The fourth-order valence-corrected chi connectivity index (χ4v) is 1.40. The van der Waals surface area contributed by atoms with Crippen LogP contribution in [0.25, 0.3) is 0 Å². The van der Waals surface area contributed by atoms with E-state index in [4.69, 9.17) is 5.73 Å². The predicted molar refractivity (Wildman–Crippen MR) is 58.3 cm³/mol. The molecule has 1 aromatic rings. The fraction of sp³-hybridized carbons (Fsp3) is 0.500. The highest BCUT2D eigenvalue weighted by Crippen LogP contribution is 2.29. The number of nitrogens with zero attached hydrogens (tertiary/aromatic N) is 1. The van der Waals surface area contributed by atoms with Gasteiger partial charge in [0.2, 0.25) is 0 Å². The summed E-state index contributed by atoms with van der Waals surface area (Å²) in [6.07, 6.45) is 0. The molecule has 0 aromatic carbocycles. The van der Waals surface area contributed by atoms with Crippen LogP contribution in [0.15, 0.2) is 22.8 Å². The molecule has 0 bridgehead atoms. The highest BCUT2D eigenvalue weighted by molar-refractivity contribution is 9.10. The number of hydrogen-bond acceptors (Lipinski definition) is 2. The molecule has 0 spiro atoms. The number of rotatable bonds is 1. The number of hydrogen-bond donors (Lipinski definition) is 1. The minimum atomic E-state index is -0.0231. The van der Waals surface area contributed by atoms with Crippen molar-refractivity contribution in [3.05, 3.63) is 28.5 Å². The second kappa shape index (κ2) is 3.76. The van der Waals surface area contributed by atoms with Gasteiger partial charge in [0.05, 0.1) is 11.7 Å². The van der Waals surface area contributed by atoms with Gasteiger partial charge < -0.3 is 5.73 Å². The molecule has 0 aliphatic rings. The fourth-order valence-electron chi connectivity index (χ4n) is 1.04. The minimum absolute atomic E-state index is 0.0231. The predicted octanol–water partition coefficient (Wildman–Crippen LogP) is 2.89. The molecule has 2 N–H and O–H groups in total. The van der Waals surface area contributed by atoms with Crippen molar-refractivity contribution in [2.24, 2.45) is 11.1 Å². The van der Waals surface area contributed by atoms with Crippen molar-refractivity contribution in [3.63, 3.8) is 0 Å². The lowest BCUT2D eigenvalue weighted by Crippen LogP contribution is -2.27. The molecule has 1 rings (SSSR count). The lowest BCUT2D eigenvalue weighted by Gasteiger charge is -2.26. The molecule has 0 saturated heterocycles. The molecule has 0 aliphatic heterocycles. The second-order valence-electron chi connectivity index (χ2n) is 4.23. The van der Waals surface area contributed by atoms with Gasteiger partial charge in [0.1, 0.15) is 4.60 Å². The number of aromatic nitrogens is 1. The third kappa shape index (κ3) is 2.78. The molecule has 0 saturated carbocycles. The van der Waals surface area contributed by atoms with Gasteiger partial charge in [0.15, 0.2) is 0 Å². The molecule has 13 heavy (non-hydrogen) atoms. The topological polar surface area (TPSA) is 38.9 Å². The summed E-state index contributed by atoms with van der Waals surface area (Å²) in [4.78, 5) is 4.33. The molecule has 72 valence electrons. The van der Waals surface area contributed by atoms with E-state index in [1.807, 2.05) is 18.2 Å². The smallest absolute Gasteiger partial charge is 0.106 e. The van der Waals surface area contributed by atoms with Crippen molar-refractivity contribution in [1.82, 2.24) is 4.98 Å². The van der Waals surface area contributed by atoms with E-state index in [1.54, 1.807) is 0 Å². The second-order valence-corrected chi connectivity index (χ2v) is 5.04. The van der Waals surface area contributed by atoms with Crippen molar-refractivity contribution >= 4 is 15.9 Å². The van der Waals surface area contributed by atoms with Gasteiger partial charge >= 0.3 is 0 Å². The van der Waals surface area contributed by atoms with Gasteiger partial charge in [-0.3, -0.25) is 0 Å². The summed E-state index contributed by atoms with van der Waals surface area (Å²) in [5.41, 5.74) is 7.04. The minimum Gasteiger partial charge on any atom is -0.322 e. The third-order valence-electron chi connectivity index (χ3n) is 1.99. The van der Waals surface area contributed by atoms with E-state index in [2.05, 4.69) is 41.7 Å². The van der Waals surface area contributed by atoms with Crippen molar-refractivity contribution in [2.75, 3.05) is 0 Å². The Balaban J connectivity index is 2.96. The number of pyridine rings is 1. The maximum absolute atomic E-state index is 6.06. The van der Waals surface area contributed by atoms with Gasteiger partial charge in [0, 0.05) is 0 Å². The summed E-state index contributed by atoms with van der Waals surface area (Å²) in [7, 11) is 0. The molecule has 0 fully saturated rings. The van der Waals surface area contributed by atoms with E-state index in [9.17, 15) is 0 Å². The molecule has 1 aromatic heterocycles. The summed E-state index contributed by atoms with van der Waals surface area (Å²) >= 11 is 3.33. The maximum atomic E-state index is 6.06. The Morgan fingerprint density at radius 2 is 2.00 bits per heavy atom. The van der Waals surface area contributed by atoms with Crippen LogP contribution < -0.4 is 5.73 Å². The van der Waals surface area contributed by atoms with Gasteiger partial charge in [-0.1, -0.05) is 26.8 Å². The Labute approximate surface area is 87.7 Å². The Kier molecular flexibility index (Phi) is 3.09. The first-order chi connectivity index (χ1) is 5.91. The molecule has 0 unspecified atom stereocenters. The lowest BCUT2D eigenvalue weighted by atomic mass is 9.85. The van der Waals surface area contributed by atoms with Crippen molar-refractivity contribution in [1.29, 1.82) is 0 Å². The zero-order valence-corrected chi connectivity index (χ0v) is 9.80. The first-order valence-electron chi connectivity index (χ1n) is 4.29. The van der Waals surface area contributed by atoms with Crippen LogP contribution in [0.5, 0.6) is 0 Å². The summed E-state index contributed by atoms with van der Waals surface area (Å²) in [6.45, 7) is 6.33. The van der Waals surface area contributed by atoms with Crippen LogP contribution in [-0.4, -0.2) is 4.98 Å². The normalized spacial score (nSPS) is 14.2. The Hall–Kier alpha value is -0.410. The molecular formula is C10H15BrN2. The first-order valence-corrected chi connectivity index (χ1v) is 5.08. The average molecular weight is 243 g/mol. The number of nitrogens with two attached hydrogens (primary N) is 1. The Bertz CT molecular complexity index is 291. The van der Waals surface area contributed by atoms with Crippen LogP contribution in [0.3, 0.4) is 0 Å². The van der Waals surface area contributed by atoms with E-state index in [1.165, 1.54) is 0 Å². The van der Waals surface area contributed by atoms with Crippen LogP contribution in [0, 0.1) is 5.41 Å². The van der Waals surface area contributed by atoms with E-state index in [0.29, 0.717) is 0 Å². The van der Waals surface area contributed by atoms with E-state index < -0.39 is 0 Å². The van der Waals surface area contributed by atoms with E-state index in [0.717, 1.165) is 10.3 Å². The Morgan fingerprint density at radius 3 is 2.46 bits per heavy atom. The van der Waals surface area contributed by atoms with Gasteiger partial charge in [-0.05, 0) is 33.5 Å². The Morgan fingerprint density at radius 1 is 1.38 bits per heavy atom. The maximum Gasteiger partial charge on any atom is 0.106 e. The molecule has 0 aliphatic carbocycles. The zero-order chi connectivity index (χ0) is 10.1. The zero-order valence-electron chi connectivity index (χ0n) is 8.21. The van der Waals surface area contributed by atoms with Crippen LogP contribution in [0.4, 0.5) is 0 Å². The highest BCUT2D eigenvalue weighted by atomic mass is 79.9. The summed E-state index contributed by atoms with van der Waals surface area (Å²) in [5, 5.41) is 0. The van der Waals surface area contributed by atoms with E-state index in [-0.39, 0.29) is 11.5 Å². The molecule has 0 amide bonds. The largest absolute Gasteiger partial charge is 0.322 e. The van der Waals surface area contributed by atoms with Crippen LogP contribution in [-0.2, 0) is 0 Å². The SMILES string of the molecule is CC(C)(C)[C@@H](N)c1cccc(Br)n1. The number of halogens is 1. The van der Waals surface area contributed by atoms with Crippen molar-refractivity contribution in [3.8, 4) is 0 Å². The lowest BCUT2D eigenvalue weighted by molar-refractivity contribution is 0.321. The van der Waals surface area contributed by atoms with Crippen molar-refractivity contribution < 1.29 is 0 Å². The van der Waals surface area contributed by atoms with Gasteiger partial charge in [-0.25, -0.2) is 4.98 Å². The molecular weight excluding hydrogens is 228 g/mol. The van der Waals surface area contributed by atoms with E-state index >= 15 is 0 Å². The van der Waals surface area contributed by atoms with Crippen LogP contribution >= 0.6 is 15.9 Å². The monoisotopic (exact) mass is 242 g/mol. The third-order valence-corrected chi connectivity index (χ3v) is 2.43. The average Bonchev–Trinajstić information content (AvgIpc) is 2.01. The van der Waals surface area contributed by atoms with Gasteiger partial charge in [0.25, 0.3) is 0 Å². The van der Waals surface area contributed by atoms with Crippen molar-refractivity contribution in [2.45, 2.75) is 26.8 Å². The van der Waals surface area contributed by atoms with Crippen LogP contribution in [0.1, 0.15) is 32.5 Å². The quantitative estimate of drug-likeness (QED) is 0.770. The molecule has 1 atom stereocenters. The molecule has 0 radical (unpaired) electrons. The molecule has 3 heteroatoms.